The zero-order valence-corrected chi connectivity index (χ0v) is 15.9. The molecule has 1 aliphatic heterocycles. The molecule has 0 atom stereocenters. The second-order valence-electron chi connectivity index (χ2n) is 8.13. The molecule has 1 saturated carbocycles. The van der Waals surface area contributed by atoms with Crippen molar-refractivity contribution in [2.24, 2.45) is 0 Å². The van der Waals surface area contributed by atoms with Crippen molar-refractivity contribution in [1.29, 1.82) is 0 Å². The van der Waals surface area contributed by atoms with E-state index in [4.69, 9.17) is 0 Å². The lowest BCUT2D eigenvalue weighted by Gasteiger charge is -2.41. The first-order valence-electron chi connectivity index (χ1n) is 10.0. The standard InChI is InChI=1S/C21H35N3O/c1-22(18-20-8-4-2-5-9-20)12-13-23-14-16-24(17-15-23)19-21(25)10-6-3-7-11-21/h2,4-5,8-9,25H,3,6-7,10-19H2,1H3. The van der Waals surface area contributed by atoms with Crippen LogP contribution in [0.15, 0.2) is 30.3 Å². The quantitative estimate of drug-likeness (QED) is 0.822. The number of β-amino-alcohol motifs (C(OH)–C–C–N with tert-alkyl or cyclic N) is 1. The van der Waals surface area contributed by atoms with Gasteiger partial charge in [0, 0.05) is 52.4 Å². The van der Waals surface area contributed by atoms with E-state index in [9.17, 15) is 5.11 Å². The van der Waals surface area contributed by atoms with Crippen molar-refractivity contribution in [2.75, 3.05) is 52.9 Å². The van der Waals surface area contributed by atoms with Gasteiger partial charge in [0.05, 0.1) is 5.60 Å². The van der Waals surface area contributed by atoms with E-state index in [0.29, 0.717) is 0 Å². The van der Waals surface area contributed by atoms with Crippen LogP contribution in [-0.2, 0) is 6.54 Å². The Morgan fingerprint density at radius 1 is 0.960 bits per heavy atom. The summed E-state index contributed by atoms with van der Waals surface area (Å²) in [6.07, 6.45) is 5.69. The number of piperazine rings is 1. The van der Waals surface area contributed by atoms with Crippen molar-refractivity contribution in [3.05, 3.63) is 35.9 Å². The minimum Gasteiger partial charge on any atom is -0.389 e. The number of aliphatic hydroxyl groups is 1. The summed E-state index contributed by atoms with van der Waals surface area (Å²) in [7, 11) is 2.21. The predicted octanol–water partition coefficient (Wildman–Crippen LogP) is 2.43. The molecule has 0 radical (unpaired) electrons. The molecule has 0 aromatic heterocycles. The van der Waals surface area contributed by atoms with Gasteiger partial charge in [0.2, 0.25) is 0 Å². The smallest absolute Gasteiger partial charge is 0.0774 e. The first kappa shape index (κ1) is 18.8. The van der Waals surface area contributed by atoms with Crippen molar-refractivity contribution >= 4 is 0 Å². The topological polar surface area (TPSA) is 30.0 Å². The van der Waals surface area contributed by atoms with Crippen molar-refractivity contribution in [1.82, 2.24) is 14.7 Å². The Hall–Kier alpha value is -0.940. The number of rotatable bonds is 7. The van der Waals surface area contributed by atoms with Crippen molar-refractivity contribution in [2.45, 2.75) is 44.2 Å². The molecule has 25 heavy (non-hydrogen) atoms. The van der Waals surface area contributed by atoms with Crippen LogP contribution in [0.2, 0.25) is 0 Å². The summed E-state index contributed by atoms with van der Waals surface area (Å²) in [6.45, 7) is 8.63. The molecule has 1 N–H and O–H groups in total. The maximum atomic E-state index is 10.7. The normalized spacial score (nSPS) is 22.4. The molecule has 0 bridgehead atoms. The molecular formula is C21H35N3O. The molecule has 2 fully saturated rings. The van der Waals surface area contributed by atoms with E-state index in [1.807, 2.05) is 0 Å². The molecule has 140 valence electrons. The largest absolute Gasteiger partial charge is 0.389 e. The molecule has 0 amide bonds. The monoisotopic (exact) mass is 345 g/mol. The molecule has 4 heteroatoms. The zero-order valence-electron chi connectivity index (χ0n) is 15.9. The van der Waals surface area contributed by atoms with Gasteiger partial charge in [-0.05, 0) is 25.5 Å². The van der Waals surface area contributed by atoms with Crippen LogP contribution in [0.25, 0.3) is 0 Å². The molecule has 1 heterocycles. The Kier molecular flexibility index (Phi) is 6.88. The van der Waals surface area contributed by atoms with Crippen LogP contribution in [0, 0.1) is 0 Å². The summed E-state index contributed by atoms with van der Waals surface area (Å²) in [5, 5.41) is 10.7. The van der Waals surface area contributed by atoms with E-state index in [2.05, 4.69) is 52.1 Å². The fraction of sp³-hybridized carbons (Fsp3) is 0.714. The van der Waals surface area contributed by atoms with Gasteiger partial charge in [-0.25, -0.2) is 0 Å². The van der Waals surface area contributed by atoms with Gasteiger partial charge in [-0.2, -0.15) is 0 Å². The SMILES string of the molecule is CN(CCN1CCN(CC2(O)CCCCC2)CC1)Cc1ccccc1. The Balaban J connectivity index is 1.33. The van der Waals surface area contributed by atoms with Crippen LogP contribution < -0.4 is 0 Å². The molecule has 0 unspecified atom stereocenters. The van der Waals surface area contributed by atoms with Gasteiger partial charge in [-0.3, -0.25) is 9.80 Å². The molecule has 1 aromatic rings. The van der Waals surface area contributed by atoms with Crippen molar-refractivity contribution in [3.8, 4) is 0 Å². The first-order valence-corrected chi connectivity index (χ1v) is 10.0. The third-order valence-electron chi connectivity index (χ3n) is 5.86. The lowest BCUT2D eigenvalue weighted by atomic mass is 9.84. The maximum absolute atomic E-state index is 10.7. The van der Waals surface area contributed by atoms with E-state index in [1.54, 1.807) is 0 Å². The highest BCUT2D eigenvalue weighted by molar-refractivity contribution is 5.14. The summed E-state index contributed by atoms with van der Waals surface area (Å²) < 4.78 is 0. The van der Waals surface area contributed by atoms with Gasteiger partial charge in [0.1, 0.15) is 0 Å². The van der Waals surface area contributed by atoms with Crippen LogP contribution in [0.4, 0.5) is 0 Å². The lowest BCUT2D eigenvalue weighted by Crippen LogP contribution is -2.53. The first-order chi connectivity index (χ1) is 12.1. The fourth-order valence-corrected chi connectivity index (χ4v) is 4.24. The van der Waals surface area contributed by atoms with E-state index in [-0.39, 0.29) is 0 Å². The van der Waals surface area contributed by atoms with Gasteiger partial charge >= 0.3 is 0 Å². The number of hydrogen-bond acceptors (Lipinski definition) is 4. The lowest BCUT2D eigenvalue weighted by molar-refractivity contribution is -0.0357. The summed E-state index contributed by atoms with van der Waals surface area (Å²) in [5.41, 5.74) is 0.978. The number of hydrogen-bond donors (Lipinski definition) is 1. The average molecular weight is 346 g/mol. The van der Waals surface area contributed by atoms with Gasteiger partial charge in [-0.15, -0.1) is 0 Å². The second kappa shape index (κ2) is 9.13. The molecule has 2 aliphatic rings. The van der Waals surface area contributed by atoms with Crippen LogP contribution in [0.1, 0.15) is 37.7 Å². The summed E-state index contributed by atoms with van der Waals surface area (Å²) in [4.78, 5) is 7.46. The molecule has 1 aromatic carbocycles. The van der Waals surface area contributed by atoms with E-state index in [1.165, 1.54) is 24.8 Å². The van der Waals surface area contributed by atoms with Crippen LogP contribution in [-0.4, -0.2) is 78.3 Å². The van der Waals surface area contributed by atoms with Crippen LogP contribution in [0.3, 0.4) is 0 Å². The van der Waals surface area contributed by atoms with Crippen LogP contribution >= 0.6 is 0 Å². The molecular weight excluding hydrogens is 310 g/mol. The average Bonchev–Trinajstić information content (AvgIpc) is 2.62. The van der Waals surface area contributed by atoms with Gasteiger partial charge in [-0.1, -0.05) is 49.6 Å². The molecule has 1 aliphatic carbocycles. The Morgan fingerprint density at radius 3 is 2.28 bits per heavy atom. The number of benzene rings is 1. The maximum Gasteiger partial charge on any atom is 0.0774 e. The Bertz CT molecular complexity index is 493. The van der Waals surface area contributed by atoms with Crippen molar-refractivity contribution in [3.63, 3.8) is 0 Å². The van der Waals surface area contributed by atoms with E-state index >= 15 is 0 Å². The molecule has 3 rings (SSSR count). The minimum absolute atomic E-state index is 0.406. The third kappa shape index (κ3) is 6.07. The third-order valence-corrected chi connectivity index (χ3v) is 5.86. The Morgan fingerprint density at radius 2 is 1.60 bits per heavy atom. The van der Waals surface area contributed by atoms with Gasteiger partial charge < -0.3 is 10.0 Å². The highest BCUT2D eigenvalue weighted by atomic mass is 16.3. The fourth-order valence-electron chi connectivity index (χ4n) is 4.24. The summed E-state index contributed by atoms with van der Waals surface area (Å²) in [5.74, 6) is 0. The number of likely N-dealkylation sites (N-methyl/N-ethyl adjacent to an activating group) is 1. The minimum atomic E-state index is -0.406. The molecule has 1 saturated heterocycles. The second-order valence-corrected chi connectivity index (χ2v) is 8.13. The van der Waals surface area contributed by atoms with E-state index in [0.717, 1.165) is 65.2 Å². The van der Waals surface area contributed by atoms with Gasteiger partial charge in [0.15, 0.2) is 0 Å². The molecule has 4 nitrogen and oxygen atoms in total. The van der Waals surface area contributed by atoms with Crippen molar-refractivity contribution < 1.29 is 5.11 Å². The number of nitrogens with zero attached hydrogens (tertiary/aromatic N) is 3. The van der Waals surface area contributed by atoms with Gasteiger partial charge in [0.25, 0.3) is 0 Å². The highest BCUT2D eigenvalue weighted by Crippen LogP contribution is 2.29. The Labute approximate surface area is 153 Å². The summed E-state index contributed by atoms with van der Waals surface area (Å²) in [6, 6.07) is 10.7. The van der Waals surface area contributed by atoms with Crippen LogP contribution in [0.5, 0.6) is 0 Å². The predicted molar refractivity (Wildman–Crippen MR) is 104 cm³/mol. The highest BCUT2D eigenvalue weighted by Gasteiger charge is 2.32. The zero-order chi connectivity index (χ0) is 17.5. The van der Waals surface area contributed by atoms with E-state index < -0.39 is 5.60 Å². The molecule has 0 spiro atoms. The summed E-state index contributed by atoms with van der Waals surface area (Å²) >= 11 is 0.